The van der Waals surface area contributed by atoms with Crippen LogP contribution in [0.2, 0.25) is 0 Å². The summed E-state index contributed by atoms with van der Waals surface area (Å²) in [5.74, 6) is 0. The van der Waals surface area contributed by atoms with E-state index in [0.29, 0.717) is 19.8 Å². The predicted molar refractivity (Wildman–Crippen MR) is 46.5 cm³/mol. The summed E-state index contributed by atoms with van der Waals surface area (Å²) in [5.41, 5.74) is 0. The molecule has 0 aliphatic carbocycles. The van der Waals surface area contributed by atoms with Crippen LogP contribution in [-0.4, -0.2) is 34.8 Å². The van der Waals surface area contributed by atoms with Crippen molar-refractivity contribution in [1.29, 1.82) is 0 Å². The quantitative estimate of drug-likeness (QED) is 0.642. The average Bonchev–Trinajstić information content (AvgIpc) is 2.36. The zero-order valence-corrected chi connectivity index (χ0v) is 7.47. The highest BCUT2D eigenvalue weighted by atomic mass is 16.6. The number of fused-ring (bicyclic) bond motifs is 2. The zero-order valence-electron chi connectivity index (χ0n) is 7.47. The molecule has 0 spiro atoms. The van der Waals surface area contributed by atoms with Crippen LogP contribution in [-0.2, 0) is 0 Å². The van der Waals surface area contributed by atoms with Crippen LogP contribution in [0.3, 0.4) is 0 Å². The minimum atomic E-state index is 0.187. The van der Waals surface area contributed by atoms with Gasteiger partial charge in [0.05, 0.1) is 0 Å². The fourth-order valence-corrected chi connectivity index (χ4v) is 0.913. The Labute approximate surface area is 80.6 Å². The summed E-state index contributed by atoms with van der Waals surface area (Å²) in [6.07, 6.45) is 1.60. The molecule has 6 nitrogen and oxygen atoms in total. The molecule has 1 aromatic heterocycles. The molecule has 0 saturated heterocycles. The van der Waals surface area contributed by atoms with E-state index in [0.717, 1.165) is 0 Å². The second-order valence-corrected chi connectivity index (χ2v) is 2.48. The molecule has 0 N–H and O–H groups in total. The molecule has 74 valence electrons. The lowest BCUT2D eigenvalue weighted by atomic mass is 10.7. The van der Waals surface area contributed by atoms with Crippen molar-refractivity contribution in [3.05, 3.63) is 12.7 Å². The maximum Gasteiger partial charge on any atom is 0.326 e. The summed E-state index contributed by atoms with van der Waals surface area (Å²) in [5, 5.41) is 0. The van der Waals surface area contributed by atoms with Gasteiger partial charge in [-0.3, -0.25) is 0 Å². The fourth-order valence-electron chi connectivity index (χ4n) is 0.913. The Morgan fingerprint density at radius 2 is 1.86 bits per heavy atom. The third-order valence-electron chi connectivity index (χ3n) is 1.45. The van der Waals surface area contributed by atoms with Gasteiger partial charge in [-0.2, -0.15) is 0 Å². The molecule has 0 radical (unpaired) electrons. The van der Waals surface area contributed by atoms with Gasteiger partial charge < -0.3 is 14.2 Å². The summed E-state index contributed by atoms with van der Waals surface area (Å²) in [6.45, 7) is 4.68. The summed E-state index contributed by atoms with van der Waals surface area (Å²) in [4.78, 5) is 11.7. The van der Waals surface area contributed by atoms with Gasteiger partial charge in [-0.05, 0) is 0 Å². The molecule has 1 aliphatic heterocycles. The Morgan fingerprint density at radius 3 is 2.43 bits per heavy atom. The first kappa shape index (κ1) is 8.74. The van der Waals surface area contributed by atoms with Gasteiger partial charge in [-0.25, -0.2) is 0 Å². The van der Waals surface area contributed by atoms with E-state index in [1.165, 1.54) is 0 Å². The first-order valence-electron chi connectivity index (χ1n) is 4.14. The lowest BCUT2D eigenvalue weighted by Gasteiger charge is -2.02. The highest BCUT2D eigenvalue weighted by molar-refractivity contribution is 5.10. The summed E-state index contributed by atoms with van der Waals surface area (Å²) >= 11 is 0. The standard InChI is InChI=1S/C8H9N3O3/c1-2-3-12-6-9-7-11-8(10-6)14-5-4-13-7/h2H,1,3-5H2. The number of ether oxygens (including phenoxy) is 3. The molecule has 2 bridgehead atoms. The van der Waals surface area contributed by atoms with Gasteiger partial charge in [0.25, 0.3) is 0 Å². The van der Waals surface area contributed by atoms with Crippen LogP contribution in [0.15, 0.2) is 12.7 Å². The second-order valence-electron chi connectivity index (χ2n) is 2.48. The largest absolute Gasteiger partial charge is 0.460 e. The van der Waals surface area contributed by atoms with Gasteiger partial charge in [-0.1, -0.05) is 12.7 Å². The van der Waals surface area contributed by atoms with Crippen molar-refractivity contribution >= 4 is 0 Å². The monoisotopic (exact) mass is 195 g/mol. The summed E-state index contributed by atoms with van der Waals surface area (Å²) < 4.78 is 15.4. The molecule has 2 heterocycles. The van der Waals surface area contributed by atoms with E-state index in [4.69, 9.17) is 14.2 Å². The second kappa shape index (κ2) is 3.91. The minimum absolute atomic E-state index is 0.187. The van der Waals surface area contributed by atoms with Crippen molar-refractivity contribution in [1.82, 2.24) is 15.0 Å². The molecule has 0 amide bonds. The fraction of sp³-hybridized carbons (Fsp3) is 0.375. The zero-order chi connectivity index (χ0) is 9.80. The van der Waals surface area contributed by atoms with Crippen molar-refractivity contribution in [2.24, 2.45) is 0 Å². The van der Waals surface area contributed by atoms with E-state index in [-0.39, 0.29) is 18.0 Å². The van der Waals surface area contributed by atoms with E-state index in [9.17, 15) is 0 Å². The smallest absolute Gasteiger partial charge is 0.326 e. The highest BCUT2D eigenvalue weighted by Crippen LogP contribution is 2.16. The number of hydrogen-bond donors (Lipinski definition) is 0. The average molecular weight is 195 g/mol. The van der Waals surface area contributed by atoms with Gasteiger partial charge in [-0.15, -0.1) is 15.0 Å². The topological polar surface area (TPSA) is 66.4 Å². The number of hydrogen-bond acceptors (Lipinski definition) is 6. The van der Waals surface area contributed by atoms with Gasteiger partial charge in [0.2, 0.25) is 0 Å². The molecule has 0 atom stereocenters. The van der Waals surface area contributed by atoms with Crippen molar-refractivity contribution in [3.63, 3.8) is 0 Å². The van der Waals surface area contributed by atoms with Gasteiger partial charge in [0.15, 0.2) is 0 Å². The third kappa shape index (κ3) is 1.90. The summed E-state index contributed by atoms with van der Waals surface area (Å²) in [6, 6.07) is 0.643. The number of rotatable bonds is 3. The molecule has 0 unspecified atom stereocenters. The normalized spacial score (nSPS) is 13.4. The van der Waals surface area contributed by atoms with Crippen molar-refractivity contribution in [2.75, 3.05) is 19.8 Å². The Balaban J connectivity index is 2.20. The van der Waals surface area contributed by atoms with E-state index in [2.05, 4.69) is 21.5 Å². The SMILES string of the molecule is C=CCOc1nc2nc(n1)OCCO2. The molecule has 0 aromatic carbocycles. The van der Waals surface area contributed by atoms with Crippen LogP contribution in [0, 0.1) is 0 Å². The lowest BCUT2D eigenvalue weighted by Crippen LogP contribution is -2.05. The molecule has 0 fully saturated rings. The van der Waals surface area contributed by atoms with Crippen LogP contribution >= 0.6 is 0 Å². The van der Waals surface area contributed by atoms with Gasteiger partial charge in [0, 0.05) is 0 Å². The molecular weight excluding hydrogens is 186 g/mol. The van der Waals surface area contributed by atoms with Crippen LogP contribution < -0.4 is 14.2 Å². The maximum atomic E-state index is 5.13. The Kier molecular flexibility index (Phi) is 2.44. The number of nitrogens with zero attached hydrogens (tertiary/aromatic N) is 3. The van der Waals surface area contributed by atoms with Crippen molar-refractivity contribution in [3.8, 4) is 18.0 Å². The molecule has 14 heavy (non-hydrogen) atoms. The van der Waals surface area contributed by atoms with E-state index < -0.39 is 0 Å². The maximum absolute atomic E-state index is 5.13. The molecule has 1 aliphatic rings. The van der Waals surface area contributed by atoms with Gasteiger partial charge in [0.1, 0.15) is 19.8 Å². The molecule has 1 aromatic rings. The van der Waals surface area contributed by atoms with E-state index in [1.807, 2.05) is 0 Å². The van der Waals surface area contributed by atoms with Crippen LogP contribution in [0.25, 0.3) is 0 Å². The minimum Gasteiger partial charge on any atom is -0.460 e. The lowest BCUT2D eigenvalue weighted by molar-refractivity contribution is 0.225. The molecular formula is C8H9N3O3. The van der Waals surface area contributed by atoms with E-state index in [1.54, 1.807) is 6.08 Å². The van der Waals surface area contributed by atoms with E-state index >= 15 is 0 Å². The van der Waals surface area contributed by atoms with Crippen LogP contribution in [0.1, 0.15) is 0 Å². The number of aromatic nitrogens is 3. The predicted octanol–water partition coefficient (Wildman–Crippen LogP) is 0.208. The molecule has 0 saturated carbocycles. The first-order valence-corrected chi connectivity index (χ1v) is 4.14. The molecule has 6 heteroatoms. The highest BCUT2D eigenvalue weighted by Gasteiger charge is 2.12. The first-order chi connectivity index (χ1) is 6.88. The third-order valence-corrected chi connectivity index (χ3v) is 1.45. The Bertz CT molecular complexity index is 318. The Morgan fingerprint density at radius 1 is 1.21 bits per heavy atom. The van der Waals surface area contributed by atoms with Crippen LogP contribution in [0.5, 0.6) is 18.0 Å². The molecule has 2 rings (SSSR count). The van der Waals surface area contributed by atoms with Crippen molar-refractivity contribution in [2.45, 2.75) is 0 Å². The van der Waals surface area contributed by atoms with Crippen molar-refractivity contribution < 1.29 is 14.2 Å². The summed E-state index contributed by atoms with van der Waals surface area (Å²) in [7, 11) is 0. The Hall–Kier alpha value is -1.85. The van der Waals surface area contributed by atoms with Crippen LogP contribution in [0.4, 0.5) is 0 Å². The van der Waals surface area contributed by atoms with Gasteiger partial charge >= 0.3 is 18.0 Å².